The van der Waals surface area contributed by atoms with Gasteiger partial charge in [-0.25, -0.2) is 0 Å². The normalized spacial score (nSPS) is 10.6. The Hall–Kier alpha value is -2.50. The third kappa shape index (κ3) is 6.24. The van der Waals surface area contributed by atoms with Gasteiger partial charge in [-0.15, -0.1) is 0 Å². The number of halogens is 1. The summed E-state index contributed by atoms with van der Waals surface area (Å²) in [5, 5.41) is 3.49. The molecule has 0 aliphatic heterocycles. The molecule has 0 saturated heterocycles. The molecule has 0 aromatic heterocycles. The molecule has 0 aliphatic rings. The highest BCUT2D eigenvalue weighted by Gasteiger charge is 2.06. The van der Waals surface area contributed by atoms with Crippen LogP contribution in [0.15, 0.2) is 71.2 Å². The number of ether oxygens (including phenoxy) is 3. The molecule has 4 nitrogen and oxygen atoms in total. The maximum atomic E-state index is 5.91. The Kier molecular flexibility index (Phi) is 7.96. The monoisotopic (exact) mass is 455 g/mol. The van der Waals surface area contributed by atoms with Crippen LogP contribution in [0.2, 0.25) is 0 Å². The van der Waals surface area contributed by atoms with E-state index in [0.29, 0.717) is 6.61 Å². The molecular weight excluding hydrogens is 430 g/mol. The first kappa shape index (κ1) is 21.2. The number of benzene rings is 3. The van der Waals surface area contributed by atoms with E-state index in [0.717, 1.165) is 46.8 Å². The fraction of sp³-hybridized carbons (Fsp3) is 0.250. The lowest BCUT2D eigenvalue weighted by Gasteiger charge is -2.11. The van der Waals surface area contributed by atoms with Gasteiger partial charge in [0.1, 0.15) is 12.4 Å². The van der Waals surface area contributed by atoms with Gasteiger partial charge >= 0.3 is 0 Å². The Morgan fingerprint density at radius 2 is 1.48 bits per heavy atom. The maximum Gasteiger partial charge on any atom is 0.160 e. The highest BCUT2D eigenvalue weighted by Crippen LogP contribution is 2.28. The lowest BCUT2D eigenvalue weighted by molar-refractivity contribution is 0.304. The molecule has 3 rings (SSSR count). The molecule has 0 fully saturated rings. The van der Waals surface area contributed by atoms with Crippen LogP contribution in [0.1, 0.15) is 16.7 Å². The van der Waals surface area contributed by atoms with Crippen LogP contribution < -0.4 is 19.5 Å². The van der Waals surface area contributed by atoms with Gasteiger partial charge in [0.25, 0.3) is 0 Å². The van der Waals surface area contributed by atoms with E-state index in [-0.39, 0.29) is 0 Å². The van der Waals surface area contributed by atoms with Crippen molar-refractivity contribution in [2.75, 3.05) is 20.8 Å². The minimum Gasteiger partial charge on any atom is -0.493 e. The van der Waals surface area contributed by atoms with Crippen LogP contribution in [0.5, 0.6) is 17.2 Å². The topological polar surface area (TPSA) is 39.7 Å². The summed E-state index contributed by atoms with van der Waals surface area (Å²) in [7, 11) is 3.31. The number of nitrogens with one attached hydrogen (secondary N) is 1. The maximum absolute atomic E-state index is 5.91. The summed E-state index contributed by atoms with van der Waals surface area (Å²) in [6.07, 6.45) is 0.916. The molecule has 0 unspecified atom stereocenters. The minimum absolute atomic E-state index is 0.558. The van der Waals surface area contributed by atoms with Crippen LogP contribution >= 0.6 is 15.9 Å². The highest BCUT2D eigenvalue weighted by molar-refractivity contribution is 9.10. The van der Waals surface area contributed by atoms with Gasteiger partial charge in [0.15, 0.2) is 11.5 Å². The average molecular weight is 456 g/mol. The molecule has 0 heterocycles. The number of rotatable bonds is 10. The molecule has 29 heavy (non-hydrogen) atoms. The Labute approximate surface area is 180 Å². The summed E-state index contributed by atoms with van der Waals surface area (Å²) in [6.45, 7) is 2.23. The van der Waals surface area contributed by atoms with Gasteiger partial charge in [-0.05, 0) is 69.9 Å². The van der Waals surface area contributed by atoms with E-state index >= 15 is 0 Å². The first-order chi connectivity index (χ1) is 14.2. The second kappa shape index (κ2) is 10.9. The van der Waals surface area contributed by atoms with Crippen LogP contribution in [-0.2, 0) is 19.6 Å². The van der Waals surface area contributed by atoms with E-state index in [9.17, 15) is 0 Å². The molecule has 0 spiro atoms. The molecule has 5 heteroatoms. The lowest BCUT2D eigenvalue weighted by atomic mass is 10.1. The Morgan fingerprint density at radius 1 is 0.759 bits per heavy atom. The Bertz CT molecular complexity index is 915. The summed E-state index contributed by atoms with van der Waals surface area (Å²) in [5.41, 5.74) is 3.57. The molecule has 3 aromatic carbocycles. The van der Waals surface area contributed by atoms with Crippen molar-refractivity contribution < 1.29 is 14.2 Å². The smallest absolute Gasteiger partial charge is 0.160 e. The Morgan fingerprint density at radius 3 is 2.21 bits per heavy atom. The van der Waals surface area contributed by atoms with Crippen LogP contribution in [0, 0.1) is 0 Å². The molecule has 0 amide bonds. The molecule has 0 bridgehead atoms. The van der Waals surface area contributed by atoms with Crippen molar-refractivity contribution >= 4 is 15.9 Å². The van der Waals surface area contributed by atoms with Gasteiger partial charge in [0.2, 0.25) is 0 Å². The van der Waals surface area contributed by atoms with Gasteiger partial charge in [-0.2, -0.15) is 0 Å². The van der Waals surface area contributed by atoms with Gasteiger partial charge in [0, 0.05) is 6.54 Å². The van der Waals surface area contributed by atoms with Gasteiger partial charge in [-0.3, -0.25) is 0 Å². The highest BCUT2D eigenvalue weighted by atomic mass is 79.9. The lowest BCUT2D eigenvalue weighted by Crippen LogP contribution is -2.16. The molecule has 3 aromatic rings. The van der Waals surface area contributed by atoms with Gasteiger partial charge < -0.3 is 19.5 Å². The van der Waals surface area contributed by atoms with Crippen molar-refractivity contribution in [2.45, 2.75) is 19.6 Å². The molecular formula is C24H26BrNO3. The van der Waals surface area contributed by atoms with Crippen molar-refractivity contribution in [3.05, 3.63) is 87.9 Å². The largest absolute Gasteiger partial charge is 0.493 e. The van der Waals surface area contributed by atoms with Crippen molar-refractivity contribution in [2.24, 2.45) is 0 Å². The number of methoxy groups -OCH3 is 2. The minimum atomic E-state index is 0.558. The zero-order valence-corrected chi connectivity index (χ0v) is 18.4. The summed E-state index contributed by atoms with van der Waals surface area (Å²) in [6, 6.07) is 22.4. The van der Waals surface area contributed by atoms with Crippen molar-refractivity contribution in [3.63, 3.8) is 0 Å². The fourth-order valence-corrected chi connectivity index (χ4v) is 3.55. The summed E-state index contributed by atoms with van der Waals surface area (Å²) < 4.78 is 17.5. The second-order valence-corrected chi connectivity index (χ2v) is 7.51. The predicted molar refractivity (Wildman–Crippen MR) is 120 cm³/mol. The van der Waals surface area contributed by atoms with E-state index in [1.165, 1.54) is 11.1 Å². The van der Waals surface area contributed by atoms with Gasteiger partial charge in [-0.1, -0.05) is 42.5 Å². The molecule has 0 aliphatic carbocycles. The summed E-state index contributed by atoms with van der Waals surface area (Å²) in [4.78, 5) is 0. The number of hydrogen-bond acceptors (Lipinski definition) is 4. The molecule has 152 valence electrons. The van der Waals surface area contributed by atoms with E-state index in [1.807, 2.05) is 36.4 Å². The van der Waals surface area contributed by atoms with E-state index in [2.05, 4.69) is 51.6 Å². The zero-order valence-electron chi connectivity index (χ0n) is 16.8. The first-order valence-electron chi connectivity index (χ1n) is 9.56. The summed E-state index contributed by atoms with van der Waals surface area (Å²) in [5.74, 6) is 2.37. The fourth-order valence-electron chi connectivity index (χ4n) is 3.01. The van der Waals surface area contributed by atoms with Gasteiger partial charge in [0.05, 0.1) is 18.7 Å². The van der Waals surface area contributed by atoms with Crippen molar-refractivity contribution in [3.8, 4) is 17.2 Å². The van der Waals surface area contributed by atoms with Crippen LogP contribution in [0.4, 0.5) is 0 Å². The van der Waals surface area contributed by atoms with Crippen LogP contribution in [0.3, 0.4) is 0 Å². The third-order valence-electron chi connectivity index (χ3n) is 4.60. The van der Waals surface area contributed by atoms with E-state index in [4.69, 9.17) is 14.2 Å². The molecule has 1 N–H and O–H groups in total. The predicted octanol–water partition coefficient (Wildman–Crippen LogP) is 5.38. The molecule has 0 atom stereocenters. The van der Waals surface area contributed by atoms with Crippen molar-refractivity contribution in [1.82, 2.24) is 5.32 Å². The number of hydrogen-bond donors (Lipinski definition) is 1. The summed E-state index contributed by atoms with van der Waals surface area (Å²) >= 11 is 3.62. The Balaban J connectivity index is 1.47. The SMILES string of the molecule is COc1ccc(CCNCc2ccc(OCc3ccccc3)c(Br)c2)cc1OC. The van der Waals surface area contributed by atoms with Crippen molar-refractivity contribution in [1.29, 1.82) is 0 Å². The standard InChI is InChI=1S/C24H26BrNO3/c1-27-23-11-8-18(15-24(23)28-2)12-13-26-16-20-9-10-22(21(25)14-20)29-17-19-6-4-3-5-7-19/h3-11,14-15,26H,12-13,16-17H2,1-2H3. The van der Waals surface area contributed by atoms with E-state index in [1.54, 1.807) is 14.2 Å². The van der Waals surface area contributed by atoms with Crippen LogP contribution in [-0.4, -0.2) is 20.8 Å². The zero-order chi connectivity index (χ0) is 20.5. The first-order valence-corrected chi connectivity index (χ1v) is 10.4. The van der Waals surface area contributed by atoms with Crippen LogP contribution in [0.25, 0.3) is 0 Å². The quantitative estimate of drug-likeness (QED) is 0.416. The van der Waals surface area contributed by atoms with E-state index < -0.39 is 0 Å². The third-order valence-corrected chi connectivity index (χ3v) is 5.22. The average Bonchev–Trinajstić information content (AvgIpc) is 2.76. The second-order valence-electron chi connectivity index (χ2n) is 6.66. The molecule has 0 saturated carbocycles. The molecule has 0 radical (unpaired) electrons.